The summed E-state index contributed by atoms with van der Waals surface area (Å²) in [7, 11) is -3.41. The number of rotatable bonds is 9. The Bertz CT molecular complexity index is 475. The summed E-state index contributed by atoms with van der Waals surface area (Å²) in [5.41, 5.74) is 6.04. The molecule has 0 aliphatic rings. The van der Waals surface area contributed by atoms with E-state index < -0.39 is 10.0 Å². The number of hydrogen-bond donors (Lipinski definition) is 2. The summed E-state index contributed by atoms with van der Waals surface area (Å²) in [5, 5.41) is 0. The van der Waals surface area contributed by atoms with Gasteiger partial charge in [-0.3, -0.25) is 0 Å². The van der Waals surface area contributed by atoms with Crippen LogP contribution in [0.15, 0.2) is 29.2 Å². The molecule has 0 saturated heterocycles. The fourth-order valence-electron chi connectivity index (χ4n) is 1.70. The van der Waals surface area contributed by atoms with E-state index in [9.17, 15) is 8.42 Å². The van der Waals surface area contributed by atoms with Gasteiger partial charge in [0.25, 0.3) is 0 Å². The van der Waals surface area contributed by atoms with E-state index in [4.69, 9.17) is 5.73 Å². The van der Waals surface area contributed by atoms with Crippen molar-refractivity contribution in [3.8, 4) is 0 Å². The predicted octanol–water partition coefficient (Wildman–Crippen LogP) is 2.47. The molecule has 0 aromatic heterocycles. The Morgan fingerprint density at radius 1 is 1.21 bits per heavy atom. The molecule has 0 atom stereocenters. The van der Waals surface area contributed by atoms with Crippen molar-refractivity contribution in [3.05, 3.63) is 24.3 Å². The fourth-order valence-corrected chi connectivity index (χ4v) is 3.32. The van der Waals surface area contributed by atoms with Crippen molar-refractivity contribution < 1.29 is 8.42 Å². The third kappa shape index (κ3) is 6.31. The van der Waals surface area contributed by atoms with Crippen molar-refractivity contribution in [3.63, 3.8) is 0 Å². The highest BCUT2D eigenvalue weighted by molar-refractivity contribution is 7.98. The molecule has 0 saturated carbocycles. The van der Waals surface area contributed by atoms with Crippen LogP contribution >= 0.6 is 11.8 Å². The molecule has 0 bridgehead atoms. The van der Waals surface area contributed by atoms with Crippen LogP contribution in [-0.2, 0) is 10.0 Å². The van der Waals surface area contributed by atoms with Gasteiger partial charge in [0, 0.05) is 12.2 Å². The van der Waals surface area contributed by atoms with Crippen LogP contribution in [0.2, 0.25) is 0 Å². The molecule has 0 aliphatic carbocycles. The van der Waals surface area contributed by atoms with Crippen LogP contribution in [0.3, 0.4) is 0 Å². The third-order valence-electron chi connectivity index (χ3n) is 2.74. The molecule has 1 rings (SSSR count). The maximum atomic E-state index is 11.9. The third-order valence-corrected chi connectivity index (χ3v) is 4.89. The predicted molar refractivity (Wildman–Crippen MR) is 82.9 cm³/mol. The molecule has 0 fully saturated rings. The first-order chi connectivity index (χ1) is 9.06. The summed E-state index contributed by atoms with van der Waals surface area (Å²) in [6, 6.07) is 6.34. The van der Waals surface area contributed by atoms with Crippen LogP contribution in [0.5, 0.6) is 0 Å². The molecule has 3 N–H and O–H groups in total. The molecule has 0 unspecified atom stereocenters. The molecule has 0 amide bonds. The second-order valence-corrected chi connectivity index (χ2v) is 7.13. The molecular formula is C13H22N2O2S2. The van der Waals surface area contributed by atoms with Crippen LogP contribution < -0.4 is 10.5 Å². The van der Waals surface area contributed by atoms with Crippen LogP contribution in [0.25, 0.3) is 0 Å². The van der Waals surface area contributed by atoms with Gasteiger partial charge in [-0.1, -0.05) is 18.9 Å². The Morgan fingerprint density at radius 3 is 2.63 bits per heavy atom. The number of nitrogens with one attached hydrogen (secondary N) is 1. The lowest BCUT2D eigenvalue weighted by atomic mass is 10.2. The van der Waals surface area contributed by atoms with E-state index in [0.29, 0.717) is 12.2 Å². The van der Waals surface area contributed by atoms with Crippen molar-refractivity contribution in [2.45, 2.75) is 30.6 Å². The summed E-state index contributed by atoms with van der Waals surface area (Å²) in [4.78, 5) is 0.231. The average molecular weight is 302 g/mol. The highest BCUT2D eigenvalue weighted by Gasteiger charge is 2.12. The van der Waals surface area contributed by atoms with Crippen LogP contribution in [-0.4, -0.2) is 27.0 Å². The summed E-state index contributed by atoms with van der Waals surface area (Å²) < 4.78 is 26.5. The van der Waals surface area contributed by atoms with Gasteiger partial charge in [0.2, 0.25) is 10.0 Å². The Labute approximate surface area is 120 Å². The number of thioether (sulfide) groups is 1. The lowest BCUT2D eigenvalue weighted by Gasteiger charge is -2.07. The maximum Gasteiger partial charge on any atom is 0.240 e. The normalized spacial score (nSPS) is 11.6. The minimum Gasteiger partial charge on any atom is -0.399 e. The number of nitrogens with two attached hydrogens (primary N) is 1. The number of nitrogen functional groups attached to an aromatic ring is 1. The summed E-state index contributed by atoms with van der Waals surface area (Å²) >= 11 is 1.84. The number of sulfonamides is 1. The van der Waals surface area contributed by atoms with Gasteiger partial charge in [-0.15, -0.1) is 0 Å². The second kappa shape index (κ2) is 8.45. The fraction of sp³-hybridized carbons (Fsp3) is 0.538. The first kappa shape index (κ1) is 16.3. The first-order valence-electron chi connectivity index (χ1n) is 6.40. The standard InChI is InChI=1S/C13H22N2O2S2/c1-18-10-5-3-2-4-9-15-19(16,17)13-8-6-7-12(14)11-13/h6-8,11,15H,2-5,9-10,14H2,1H3. The van der Waals surface area contributed by atoms with Crippen LogP contribution in [0, 0.1) is 0 Å². The van der Waals surface area contributed by atoms with Crippen molar-refractivity contribution in [2.24, 2.45) is 0 Å². The lowest BCUT2D eigenvalue weighted by Crippen LogP contribution is -2.24. The highest BCUT2D eigenvalue weighted by Crippen LogP contribution is 2.12. The first-order valence-corrected chi connectivity index (χ1v) is 9.28. The molecule has 0 aliphatic heterocycles. The van der Waals surface area contributed by atoms with Crippen molar-refractivity contribution in [1.29, 1.82) is 0 Å². The SMILES string of the molecule is CSCCCCCCNS(=O)(=O)c1cccc(N)c1. The molecular weight excluding hydrogens is 280 g/mol. The highest BCUT2D eigenvalue weighted by atomic mass is 32.2. The Kier molecular flexibility index (Phi) is 7.27. The Morgan fingerprint density at radius 2 is 1.95 bits per heavy atom. The van der Waals surface area contributed by atoms with Crippen LogP contribution in [0.1, 0.15) is 25.7 Å². The van der Waals surface area contributed by atoms with Gasteiger partial charge < -0.3 is 5.73 Å². The zero-order valence-electron chi connectivity index (χ0n) is 11.3. The molecule has 0 spiro atoms. The van der Waals surface area contributed by atoms with Gasteiger partial charge in [-0.05, 0) is 43.0 Å². The number of benzene rings is 1. The van der Waals surface area contributed by atoms with Gasteiger partial charge in [0.15, 0.2) is 0 Å². The zero-order chi connectivity index (χ0) is 14.1. The number of anilines is 1. The number of unbranched alkanes of at least 4 members (excludes halogenated alkanes) is 3. The molecule has 0 heterocycles. The van der Waals surface area contributed by atoms with E-state index in [1.807, 2.05) is 11.8 Å². The van der Waals surface area contributed by atoms with E-state index in [2.05, 4.69) is 11.0 Å². The number of hydrogen-bond acceptors (Lipinski definition) is 4. The second-order valence-electron chi connectivity index (χ2n) is 4.38. The van der Waals surface area contributed by atoms with Crippen molar-refractivity contribution in [1.82, 2.24) is 4.72 Å². The minimum absolute atomic E-state index is 0.231. The largest absolute Gasteiger partial charge is 0.399 e. The minimum atomic E-state index is -3.41. The summed E-state index contributed by atoms with van der Waals surface area (Å²) in [5.74, 6) is 1.18. The molecule has 19 heavy (non-hydrogen) atoms. The molecule has 6 heteroatoms. The Hall–Kier alpha value is -0.720. The summed E-state index contributed by atoms with van der Waals surface area (Å²) in [6.07, 6.45) is 6.37. The molecule has 1 aromatic carbocycles. The monoisotopic (exact) mass is 302 g/mol. The average Bonchev–Trinajstić information content (AvgIpc) is 2.38. The molecule has 1 aromatic rings. The van der Waals surface area contributed by atoms with Gasteiger partial charge in [-0.25, -0.2) is 13.1 Å². The van der Waals surface area contributed by atoms with E-state index in [1.165, 1.54) is 18.2 Å². The quantitative estimate of drug-likeness (QED) is 0.543. The molecule has 4 nitrogen and oxygen atoms in total. The van der Waals surface area contributed by atoms with Gasteiger partial charge in [0.1, 0.15) is 0 Å². The Balaban J connectivity index is 2.32. The van der Waals surface area contributed by atoms with E-state index in [1.54, 1.807) is 18.2 Å². The molecule has 0 radical (unpaired) electrons. The topological polar surface area (TPSA) is 72.2 Å². The smallest absolute Gasteiger partial charge is 0.240 e. The van der Waals surface area contributed by atoms with E-state index >= 15 is 0 Å². The zero-order valence-corrected chi connectivity index (χ0v) is 12.9. The van der Waals surface area contributed by atoms with Crippen molar-refractivity contribution in [2.75, 3.05) is 24.3 Å². The van der Waals surface area contributed by atoms with Crippen molar-refractivity contribution >= 4 is 27.5 Å². The summed E-state index contributed by atoms with van der Waals surface area (Å²) in [6.45, 7) is 0.483. The maximum absolute atomic E-state index is 11.9. The van der Waals surface area contributed by atoms with Gasteiger partial charge in [0.05, 0.1) is 4.90 Å². The molecule has 108 valence electrons. The van der Waals surface area contributed by atoms with Gasteiger partial charge in [-0.2, -0.15) is 11.8 Å². The van der Waals surface area contributed by atoms with E-state index in [0.717, 1.165) is 19.3 Å². The van der Waals surface area contributed by atoms with E-state index in [-0.39, 0.29) is 4.90 Å². The van der Waals surface area contributed by atoms with Gasteiger partial charge >= 0.3 is 0 Å². The van der Waals surface area contributed by atoms with Crippen LogP contribution in [0.4, 0.5) is 5.69 Å². The lowest BCUT2D eigenvalue weighted by molar-refractivity contribution is 0.574.